The van der Waals surface area contributed by atoms with Crippen LogP contribution in [0.2, 0.25) is 5.02 Å². The molecule has 0 unspecified atom stereocenters. The molecule has 2 rings (SSSR count). The molecule has 0 bridgehead atoms. The summed E-state index contributed by atoms with van der Waals surface area (Å²) in [6.45, 7) is 2.01. The number of benzene rings is 1. The number of aromatic nitrogens is 2. The Bertz CT molecular complexity index is 514. The normalized spacial score (nSPS) is 10.2. The largest absolute Gasteiger partial charge is 0.504 e. The smallest absolute Gasteiger partial charge is 0.322 e. The highest BCUT2D eigenvalue weighted by molar-refractivity contribution is 6.30. The van der Waals surface area contributed by atoms with Crippen LogP contribution in [0.15, 0.2) is 30.6 Å². The lowest BCUT2D eigenvalue weighted by Crippen LogP contribution is -1.91. The van der Waals surface area contributed by atoms with E-state index >= 15 is 0 Å². The molecule has 0 aliphatic carbocycles. The lowest BCUT2D eigenvalue weighted by Gasteiger charge is -2.06. The molecule has 0 aliphatic heterocycles. The Balaban J connectivity index is 2.21. The molecule has 0 saturated carbocycles. The van der Waals surface area contributed by atoms with Crippen LogP contribution in [0.25, 0.3) is 0 Å². The fraction of sp³-hybridized carbons (Fsp3) is 0.167. The third-order valence-corrected chi connectivity index (χ3v) is 2.42. The van der Waals surface area contributed by atoms with Crippen molar-refractivity contribution < 1.29 is 9.84 Å². The molecule has 0 saturated heterocycles. The average Bonchev–Trinajstić information content (AvgIpc) is 2.34. The molecular weight excluding hydrogens is 240 g/mol. The molecule has 1 heterocycles. The molecule has 0 radical (unpaired) electrons. The molecule has 0 amide bonds. The summed E-state index contributed by atoms with van der Waals surface area (Å²) in [5.74, 6) is 0.396. The van der Waals surface area contributed by atoms with E-state index in [0.29, 0.717) is 10.8 Å². The molecule has 5 heteroatoms. The van der Waals surface area contributed by atoms with Crippen LogP contribution in [0.4, 0.5) is 0 Å². The lowest BCUT2D eigenvalue weighted by molar-refractivity contribution is 0.391. The van der Waals surface area contributed by atoms with Crippen molar-refractivity contribution in [3.63, 3.8) is 0 Å². The van der Waals surface area contributed by atoms with Gasteiger partial charge >= 0.3 is 6.01 Å². The lowest BCUT2D eigenvalue weighted by atomic mass is 10.1. The quantitative estimate of drug-likeness (QED) is 0.909. The Morgan fingerprint density at radius 2 is 2.00 bits per heavy atom. The number of halogens is 1. The van der Waals surface area contributed by atoms with Crippen LogP contribution in [-0.4, -0.2) is 15.1 Å². The van der Waals surface area contributed by atoms with Crippen molar-refractivity contribution in [2.75, 3.05) is 0 Å². The highest BCUT2D eigenvalue weighted by Crippen LogP contribution is 2.30. The van der Waals surface area contributed by atoms with Crippen molar-refractivity contribution in [1.29, 1.82) is 0 Å². The van der Waals surface area contributed by atoms with Gasteiger partial charge in [0.2, 0.25) is 0 Å². The van der Waals surface area contributed by atoms with E-state index in [2.05, 4.69) is 9.97 Å². The number of nitrogens with zero attached hydrogens (tertiary/aromatic N) is 2. The minimum atomic E-state index is 0.0721. The summed E-state index contributed by atoms with van der Waals surface area (Å²) < 4.78 is 5.33. The standard InChI is InChI=1S/C12H11ClN2O2/c1-2-8-3-4-11(10(16)5-8)17-12-14-6-9(13)7-15-12/h3-7,16H,2H2,1H3. The molecule has 0 atom stereocenters. The van der Waals surface area contributed by atoms with Gasteiger partial charge in [0.1, 0.15) is 0 Å². The van der Waals surface area contributed by atoms with Crippen molar-refractivity contribution in [2.45, 2.75) is 13.3 Å². The number of hydrogen-bond donors (Lipinski definition) is 1. The summed E-state index contributed by atoms with van der Waals surface area (Å²) in [5, 5.41) is 10.2. The second-order valence-corrected chi connectivity index (χ2v) is 3.88. The molecular formula is C12H11ClN2O2. The minimum Gasteiger partial charge on any atom is -0.504 e. The van der Waals surface area contributed by atoms with Crippen molar-refractivity contribution in [3.05, 3.63) is 41.2 Å². The number of ether oxygens (including phenoxy) is 1. The second-order valence-electron chi connectivity index (χ2n) is 3.44. The summed E-state index contributed by atoms with van der Waals surface area (Å²) in [6.07, 6.45) is 3.72. The summed E-state index contributed by atoms with van der Waals surface area (Å²) >= 11 is 5.66. The molecule has 0 aliphatic rings. The molecule has 17 heavy (non-hydrogen) atoms. The molecule has 1 N–H and O–H groups in total. The molecule has 0 fully saturated rings. The van der Waals surface area contributed by atoms with Crippen LogP contribution in [0.3, 0.4) is 0 Å². The first-order valence-corrected chi connectivity index (χ1v) is 5.54. The molecule has 2 aromatic rings. The number of aromatic hydroxyl groups is 1. The first-order chi connectivity index (χ1) is 8.19. The van der Waals surface area contributed by atoms with Gasteiger partial charge in [-0.05, 0) is 24.1 Å². The van der Waals surface area contributed by atoms with Gasteiger partial charge in [0.15, 0.2) is 11.5 Å². The third kappa shape index (κ3) is 2.85. The zero-order valence-electron chi connectivity index (χ0n) is 9.22. The Morgan fingerprint density at radius 3 is 2.59 bits per heavy atom. The summed E-state index contributed by atoms with van der Waals surface area (Å²) in [4.78, 5) is 7.76. The van der Waals surface area contributed by atoms with Gasteiger partial charge in [0.25, 0.3) is 0 Å². The van der Waals surface area contributed by atoms with E-state index in [1.807, 2.05) is 13.0 Å². The average molecular weight is 251 g/mol. The fourth-order valence-electron chi connectivity index (χ4n) is 1.32. The predicted octanol–water partition coefficient (Wildman–Crippen LogP) is 3.19. The Labute approximate surface area is 104 Å². The highest BCUT2D eigenvalue weighted by atomic mass is 35.5. The molecule has 1 aromatic carbocycles. The van der Waals surface area contributed by atoms with Crippen LogP contribution in [0.1, 0.15) is 12.5 Å². The number of hydrogen-bond acceptors (Lipinski definition) is 4. The first kappa shape index (κ1) is 11.7. The van der Waals surface area contributed by atoms with Gasteiger partial charge < -0.3 is 9.84 Å². The monoisotopic (exact) mass is 250 g/mol. The Kier molecular flexibility index (Phi) is 3.44. The van der Waals surface area contributed by atoms with E-state index in [-0.39, 0.29) is 11.8 Å². The minimum absolute atomic E-state index is 0.0721. The van der Waals surface area contributed by atoms with Gasteiger partial charge in [-0.3, -0.25) is 0 Å². The van der Waals surface area contributed by atoms with Crippen LogP contribution in [0.5, 0.6) is 17.5 Å². The van der Waals surface area contributed by atoms with E-state index in [1.54, 1.807) is 12.1 Å². The van der Waals surface area contributed by atoms with Crippen LogP contribution < -0.4 is 4.74 Å². The second kappa shape index (κ2) is 5.01. The van der Waals surface area contributed by atoms with Gasteiger partial charge in [-0.25, -0.2) is 9.97 Å². The first-order valence-electron chi connectivity index (χ1n) is 5.16. The van der Waals surface area contributed by atoms with E-state index < -0.39 is 0 Å². The topological polar surface area (TPSA) is 55.2 Å². The van der Waals surface area contributed by atoms with Gasteiger partial charge in [-0.1, -0.05) is 24.6 Å². The van der Waals surface area contributed by atoms with Crippen LogP contribution in [0, 0.1) is 0 Å². The molecule has 1 aromatic heterocycles. The Hall–Kier alpha value is -1.81. The van der Waals surface area contributed by atoms with Gasteiger partial charge in [-0.2, -0.15) is 0 Å². The number of aryl methyl sites for hydroxylation is 1. The maximum absolute atomic E-state index is 9.73. The number of phenols is 1. The van der Waals surface area contributed by atoms with E-state index in [1.165, 1.54) is 12.4 Å². The highest BCUT2D eigenvalue weighted by Gasteiger charge is 2.06. The van der Waals surface area contributed by atoms with Crippen molar-refractivity contribution in [2.24, 2.45) is 0 Å². The predicted molar refractivity (Wildman–Crippen MR) is 64.6 cm³/mol. The van der Waals surface area contributed by atoms with E-state index in [0.717, 1.165) is 12.0 Å². The molecule has 4 nitrogen and oxygen atoms in total. The van der Waals surface area contributed by atoms with Crippen molar-refractivity contribution in [3.8, 4) is 17.5 Å². The van der Waals surface area contributed by atoms with Crippen molar-refractivity contribution >= 4 is 11.6 Å². The fourth-order valence-corrected chi connectivity index (χ4v) is 1.42. The SMILES string of the molecule is CCc1ccc(Oc2ncc(Cl)cn2)c(O)c1. The zero-order valence-corrected chi connectivity index (χ0v) is 9.98. The molecule has 88 valence electrons. The van der Waals surface area contributed by atoms with E-state index in [9.17, 15) is 5.11 Å². The summed E-state index contributed by atoms with van der Waals surface area (Å²) in [5.41, 5.74) is 1.03. The zero-order chi connectivity index (χ0) is 12.3. The molecule has 0 spiro atoms. The van der Waals surface area contributed by atoms with Gasteiger partial charge in [0.05, 0.1) is 17.4 Å². The summed E-state index contributed by atoms with van der Waals surface area (Å²) in [6, 6.07) is 5.37. The Morgan fingerprint density at radius 1 is 1.29 bits per heavy atom. The summed E-state index contributed by atoms with van der Waals surface area (Å²) in [7, 11) is 0. The number of rotatable bonds is 3. The van der Waals surface area contributed by atoms with Gasteiger partial charge in [0, 0.05) is 0 Å². The van der Waals surface area contributed by atoms with E-state index in [4.69, 9.17) is 16.3 Å². The van der Waals surface area contributed by atoms with Gasteiger partial charge in [-0.15, -0.1) is 0 Å². The maximum Gasteiger partial charge on any atom is 0.322 e. The number of phenolic OH excluding ortho intramolecular Hbond substituents is 1. The van der Waals surface area contributed by atoms with Crippen LogP contribution in [-0.2, 0) is 6.42 Å². The third-order valence-electron chi connectivity index (χ3n) is 2.23. The maximum atomic E-state index is 9.73. The van der Waals surface area contributed by atoms with Crippen molar-refractivity contribution in [1.82, 2.24) is 9.97 Å². The van der Waals surface area contributed by atoms with Crippen LogP contribution >= 0.6 is 11.6 Å².